The Morgan fingerprint density at radius 3 is 2.85 bits per heavy atom. The molecule has 1 saturated heterocycles. The Labute approximate surface area is 188 Å². The van der Waals surface area contributed by atoms with Crippen LogP contribution in [0.25, 0.3) is 11.1 Å². The van der Waals surface area contributed by atoms with E-state index in [0.717, 1.165) is 0 Å². The SMILES string of the molecule is CC1=NOCCN1c1ccc(-c2ccc(N3CC(CNc4ccon4)OC3=O)cc2F)cn1. The number of pyridine rings is 1. The number of amidine groups is 1. The monoisotopic (exact) mass is 452 g/mol. The molecular formula is C22H21FN6O4. The summed E-state index contributed by atoms with van der Waals surface area (Å²) in [7, 11) is 0. The summed E-state index contributed by atoms with van der Waals surface area (Å²) in [5.41, 5.74) is 1.45. The lowest BCUT2D eigenvalue weighted by Gasteiger charge is -2.25. The molecule has 1 N–H and O–H groups in total. The van der Waals surface area contributed by atoms with Gasteiger partial charge in [-0.1, -0.05) is 10.3 Å². The van der Waals surface area contributed by atoms with Gasteiger partial charge >= 0.3 is 6.09 Å². The van der Waals surface area contributed by atoms with Gasteiger partial charge in [-0.05, 0) is 37.3 Å². The Bertz CT molecular complexity index is 1170. The van der Waals surface area contributed by atoms with Crippen LogP contribution in [0.2, 0.25) is 0 Å². The van der Waals surface area contributed by atoms with E-state index in [-0.39, 0.29) is 0 Å². The maximum Gasteiger partial charge on any atom is 0.414 e. The summed E-state index contributed by atoms with van der Waals surface area (Å²) in [5, 5.41) is 10.7. The standard InChI is InChI=1S/C22H21FN6O4/c1-14-26-32-9-7-28(14)21-5-2-15(11-25-21)18-4-3-16(10-19(18)23)29-13-17(33-22(29)30)12-24-20-6-8-31-27-20/h2-6,8,10-11,17H,7,9,12-13H2,1H3,(H,24,27). The van der Waals surface area contributed by atoms with Crippen LogP contribution in [0.4, 0.5) is 26.5 Å². The highest BCUT2D eigenvalue weighted by molar-refractivity contribution is 5.95. The average Bonchev–Trinajstić information content (AvgIpc) is 3.48. The van der Waals surface area contributed by atoms with Gasteiger partial charge in [0, 0.05) is 23.4 Å². The van der Waals surface area contributed by atoms with Crippen molar-refractivity contribution in [2.24, 2.45) is 5.16 Å². The number of hydrogen-bond donors (Lipinski definition) is 1. The van der Waals surface area contributed by atoms with Crippen molar-refractivity contribution in [2.75, 3.05) is 41.4 Å². The van der Waals surface area contributed by atoms with Gasteiger partial charge in [-0.2, -0.15) is 0 Å². The van der Waals surface area contributed by atoms with Crippen molar-refractivity contribution in [1.82, 2.24) is 10.1 Å². The number of hydrogen-bond acceptors (Lipinski definition) is 9. The number of benzene rings is 1. The number of nitrogens with one attached hydrogen (secondary N) is 1. The van der Waals surface area contributed by atoms with Crippen LogP contribution in [-0.4, -0.2) is 54.4 Å². The molecule has 5 rings (SSSR count). The van der Waals surface area contributed by atoms with Crippen molar-refractivity contribution in [2.45, 2.75) is 13.0 Å². The maximum absolute atomic E-state index is 15.0. The second kappa shape index (κ2) is 8.77. The third-order valence-electron chi connectivity index (χ3n) is 5.42. The second-order valence-corrected chi connectivity index (χ2v) is 7.57. The zero-order valence-electron chi connectivity index (χ0n) is 17.8. The Morgan fingerprint density at radius 2 is 2.12 bits per heavy atom. The molecule has 0 radical (unpaired) electrons. The topological polar surface area (TPSA) is 105 Å². The van der Waals surface area contributed by atoms with Crippen LogP contribution in [0.1, 0.15) is 6.92 Å². The summed E-state index contributed by atoms with van der Waals surface area (Å²) >= 11 is 0. The number of halogens is 1. The average molecular weight is 452 g/mol. The van der Waals surface area contributed by atoms with E-state index in [1.807, 2.05) is 17.9 Å². The third kappa shape index (κ3) is 4.29. The molecule has 170 valence electrons. The lowest BCUT2D eigenvalue weighted by atomic mass is 10.1. The van der Waals surface area contributed by atoms with E-state index in [4.69, 9.17) is 14.1 Å². The zero-order valence-corrected chi connectivity index (χ0v) is 17.8. The fraction of sp³-hybridized carbons (Fsp3) is 0.273. The number of nitrogens with zero attached hydrogens (tertiary/aromatic N) is 5. The van der Waals surface area contributed by atoms with Crippen molar-refractivity contribution >= 4 is 29.3 Å². The molecule has 3 aromatic rings. The number of oxime groups is 1. The summed E-state index contributed by atoms with van der Waals surface area (Å²) in [6, 6.07) is 9.95. The highest BCUT2D eigenvalue weighted by atomic mass is 19.1. The molecule has 1 fully saturated rings. The first-order valence-electron chi connectivity index (χ1n) is 10.4. The number of rotatable bonds is 6. The minimum Gasteiger partial charge on any atom is -0.442 e. The minimum absolute atomic E-state index is 0.291. The number of amides is 1. The van der Waals surface area contributed by atoms with Crippen LogP contribution < -0.4 is 15.1 Å². The van der Waals surface area contributed by atoms with E-state index in [2.05, 4.69) is 20.6 Å². The van der Waals surface area contributed by atoms with Gasteiger partial charge in [-0.3, -0.25) is 4.90 Å². The van der Waals surface area contributed by atoms with Crippen LogP contribution in [0.5, 0.6) is 0 Å². The molecule has 1 unspecified atom stereocenters. The molecule has 2 aliphatic rings. The Morgan fingerprint density at radius 1 is 1.21 bits per heavy atom. The maximum atomic E-state index is 15.0. The molecule has 10 nitrogen and oxygen atoms in total. The first-order chi connectivity index (χ1) is 16.1. The van der Waals surface area contributed by atoms with Crippen LogP contribution in [-0.2, 0) is 9.57 Å². The van der Waals surface area contributed by atoms with E-state index in [9.17, 15) is 9.18 Å². The fourth-order valence-electron chi connectivity index (χ4n) is 3.73. The molecule has 2 aromatic heterocycles. The highest BCUT2D eigenvalue weighted by Crippen LogP contribution is 2.30. The molecule has 1 amide bonds. The van der Waals surface area contributed by atoms with Crippen molar-refractivity contribution in [3.63, 3.8) is 0 Å². The van der Waals surface area contributed by atoms with Crippen molar-refractivity contribution in [3.8, 4) is 11.1 Å². The van der Waals surface area contributed by atoms with Crippen LogP contribution in [0.3, 0.4) is 0 Å². The molecule has 1 atom stereocenters. The molecule has 4 heterocycles. The van der Waals surface area contributed by atoms with Crippen LogP contribution in [0, 0.1) is 5.82 Å². The Hall–Kier alpha value is -4.15. The van der Waals surface area contributed by atoms with Crippen LogP contribution >= 0.6 is 0 Å². The van der Waals surface area contributed by atoms with E-state index < -0.39 is 18.0 Å². The van der Waals surface area contributed by atoms with Gasteiger partial charge in [0.2, 0.25) is 0 Å². The molecular weight excluding hydrogens is 431 g/mol. The fourth-order valence-corrected chi connectivity index (χ4v) is 3.73. The first-order valence-corrected chi connectivity index (χ1v) is 10.4. The van der Waals surface area contributed by atoms with Crippen LogP contribution in [0.15, 0.2) is 58.5 Å². The predicted octanol–water partition coefficient (Wildman–Crippen LogP) is 3.48. The molecule has 0 bridgehead atoms. The largest absolute Gasteiger partial charge is 0.442 e. The Balaban J connectivity index is 1.28. The molecule has 33 heavy (non-hydrogen) atoms. The lowest BCUT2D eigenvalue weighted by molar-refractivity contribution is 0.142. The summed E-state index contributed by atoms with van der Waals surface area (Å²) in [4.78, 5) is 25.2. The number of ether oxygens (including phenoxy) is 1. The van der Waals surface area contributed by atoms with Gasteiger partial charge < -0.3 is 24.3 Å². The third-order valence-corrected chi connectivity index (χ3v) is 5.42. The van der Waals surface area contributed by atoms with Gasteiger partial charge in [0.05, 0.1) is 25.3 Å². The Kier molecular flexibility index (Phi) is 5.51. The lowest BCUT2D eigenvalue weighted by Crippen LogP contribution is -2.36. The van der Waals surface area contributed by atoms with E-state index >= 15 is 0 Å². The van der Waals surface area contributed by atoms with Gasteiger partial charge in [-0.15, -0.1) is 0 Å². The first kappa shape index (κ1) is 20.7. The molecule has 2 aliphatic heterocycles. The zero-order chi connectivity index (χ0) is 22.8. The molecule has 11 heteroatoms. The smallest absolute Gasteiger partial charge is 0.414 e. The number of carbonyl (C=O) groups excluding carboxylic acids is 1. The van der Waals surface area contributed by atoms with Gasteiger partial charge in [0.15, 0.2) is 5.82 Å². The number of carbonyl (C=O) groups is 1. The summed E-state index contributed by atoms with van der Waals surface area (Å²) < 4.78 is 25.1. The summed E-state index contributed by atoms with van der Waals surface area (Å²) in [6.07, 6.45) is 2.13. The normalized spacial score (nSPS) is 18.1. The number of aromatic nitrogens is 2. The minimum atomic E-state index is -0.525. The van der Waals surface area contributed by atoms with Crippen molar-refractivity contribution in [1.29, 1.82) is 0 Å². The molecule has 0 spiro atoms. The van der Waals surface area contributed by atoms with E-state index in [1.165, 1.54) is 17.2 Å². The second-order valence-electron chi connectivity index (χ2n) is 7.57. The number of anilines is 3. The predicted molar refractivity (Wildman–Crippen MR) is 119 cm³/mol. The molecule has 1 aromatic carbocycles. The highest BCUT2D eigenvalue weighted by Gasteiger charge is 2.32. The van der Waals surface area contributed by atoms with Gasteiger partial charge in [-0.25, -0.2) is 14.2 Å². The molecule has 0 aliphatic carbocycles. The van der Waals surface area contributed by atoms with Crippen molar-refractivity contribution < 1.29 is 23.3 Å². The number of cyclic esters (lactones) is 1. The van der Waals surface area contributed by atoms with E-state index in [1.54, 1.807) is 30.5 Å². The van der Waals surface area contributed by atoms with E-state index in [0.29, 0.717) is 60.5 Å². The van der Waals surface area contributed by atoms with Crippen molar-refractivity contribution in [3.05, 3.63) is 54.7 Å². The quantitative estimate of drug-likeness (QED) is 0.606. The molecule has 0 saturated carbocycles. The summed E-state index contributed by atoms with van der Waals surface area (Å²) in [5.74, 6) is 1.52. The van der Waals surface area contributed by atoms with Gasteiger partial charge in [0.25, 0.3) is 0 Å². The van der Waals surface area contributed by atoms with Gasteiger partial charge in [0.1, 0.15) is 36.4 Å². The summed E-state index contributed by atoms with van der Waals surface area (Å²) in [6.45, 7) is 3.62.